The highest BCUT2D eigenvalue weighted by molar-refractivity contribution is 5.94. The highest BCUT2D eigenvalue weighted by Gasteiger charge is 2.33. The smallest absolute Gasteiger partial charge is 0.504 e. The van der Waals surface area contributed by atoms with Crippen LogP contribution in [0.4, 0.5) is 13.2 Å². The number of alkyl halides is 3. The lowest BCUT2D eigenvalue weighted by atomic mass is 10.1. The van der Waals surface area contributed by atoms with Crippen molar-refractivity contribution in [3.05, 3.63) is 23.3 Å². The van der Waals surface area contributed by atoms with E-state index in [2.05, 4.69) is 4.74 Å². The van der Waals surface area contributed by atoms with Crippen LogP contribution >= 0.6 is 0 Å². The van der Waals surface area contributed by atoms with Crippen LogP contribution in [-0.4, -0.2) is 22.5 Å². The first kappa shape index (κ1) is 12.6. The number of carboxylic acid groups (broad SMARTS) is 1. The zero-order valence-electron chi connectivity index (χ0n) is 7.95. The van der Waals surface area contributed by atoms with E-state index in [1.165, 1.54) is 6.07 Å². The molecule has 0 aliphatic rings. The van der Waals surface area contributed by atoms with Crippen LogP contribution in [0.2, 0.25) is 0 Å². The Morgan fingerprint density at radius 1 is 1.41 bits per heavy atom. The molecule has 0 saturated heterocycles. The van der Waals surface area contributed by atoms with Gasteiger partial charge < -0.3 is 14.9 Å². The Morgan fingerprint density at radius 2 is 2.00 bits per heavy atom. The highest BCUT2D eigenvalue weighted by Crippen LogP contribution is 2.35. The van der Waals surface area contributed by atoms with Crippen molar-refractivity contribution < 1.29 is 32.9 Å². The molecule has 5 nitrogen and oxygen atoms in total. The Balaban J connectivity index is 3.35. The van der Waals surface area contributed by atoms with Crippen LogP contribution in [0.3, 0.4) is 0 Å². The molecule has 1 rings (SSSR count). The molecular formula is C9H4F3NO4. The van der Waals surface area contributed by atoms with Crippen LogP contribution in [0.1, 0.15) is 15.9 Å². The third kappa shape index (κ3) is 2.78. The van der Waals surface area contributed by atoms with Gasteiger partial charge in [0.05, 0.1) is 5.56 Å². The quantitative estimate of drug-likeness (QED) is 0.832. The Kier molecular flexibility index (Phi) is 3.13. The summed E-state index contributed by atoms with van der Waals surface area (Å²) in [7, 11) is 0. The molecule has 0 amide bonds. The minimum absolute atomic E-state index is 0.468. The standard InChI is InChI=1S/C9H4F3NO4/c10-9(11,12)17-5-2-1-4(3-13)6(7(5)14)8(15)16/h1-2,14H,(H,15,16). The van der Waals surface area contributed by atoms with E-state index in [9.17, 15) is 23.1 Å². The number of phenols is 1. The Hall–Kier alpha value is -2.43. The number of carboxylic acids is 1. The number of hydrogen-bond donors (Lipinski definition) is 2. The van der Waals surface area contributed by atoms with Crippen LogP contribution in [-0.2, 0) is 0 Å². The van der Waals surface area contributed by atoms with Crippen LogP contribution in [0.15, 0.2) is 12.1 Å². The summed E-state index contributed by atoms with van der Waals surface area (Å²) in [6.45, 7) is 0. The molecule has 90 valence electrons. The topological polar surface area (TPSA) is 90.5 Å². The fraction of sp³-hybridized carbons (Fsp3) is 0.111. The first-order chi connectivity index (χ1) is 7.76. The van der Waals surface area contributed by atoms with E-state index in [1.54, 1.807) is 0 Å². The monoisotopic (exact) mass is 247 g/mol. The van der Waals surface area contributed by atoms with Gasteiger partial charge in [0.2, 0.25) is 0 Å². The first-order valence-corrected chi connectivity index (χ1v) is 4.01. The SMILES string of the molecule is N#Cc1ccc(OC(F)(F)F)c(O)c1C(=O)O. The number of aromatic carboxylic acids is 1. The minimum Gasteiger partial charge on any atom is -0.504 e. The van der Waals surface area contributed by atoms with E-state index in [4.69, 9.17) is 10.4 Å². The molecule has 0 aliphatic heterocycles. The lowest BCUT2D eigenvalue weighted by Gasteiger charge is -2.12. The predicted molar refractivity (Wildman–Crippen MR) is 46.5 cm³/mol. The van der Waals surface area contributed by atoms with E-state index >= 15 is 0 Å². The van der Waals surface area contributed by atoms with Gasteiger partial charge in [0, 0.05) is 0 Å². The van der Waals surface area contributed by atoms with Crippen molar-refractivity contribution in [2.45, 2.75) is 6.36 Å². The van der Waals surface area contributed by atoms with Gasteiger partial charge in [0.25, 0.3) is 0 Å². The summed E-state index contributed by atoms with van der Waals surface area (Å²) >= 11 is 0. The van der Waals surface area contributed by atoms with Gasteiger partial charge in [0.1, 0.15) is 11.6 Å². The third-order valence-electron chi connectivity index (χ3n) is 1.70. The van der Waals surface area contributed by atoms with E-state index in [-0.39, 0.29) is 0 Å². The molecule has 0 heterocycles. The molecule has 0 fully saturated rings. The van der Waals surface area contributed by atoms with Crippen molar-refractivity contribution in [1.82, 2.24) is 0 Å². The van der Waals surface area contributed by atoms with Crippen molar-refractivity contribution in [2.75, 3.05) is 0 Å². The molecule has 0 bridgehead atoms. The molecule has 0 saturated carbocycles. The van der Waals surface area contributed by atoms with E-state index in [0.29, 0.717) is 6.07 Å². The number of nitrogens with zero attached hydrogens (tertiary/aromatic N) is 1. The number of nitriles is 1. The molecule has 1 aromatic carbocycles. The fourth-order valence-corrected chi connectivity index (χ4v) is 1.09. The summed E-state index contributed by atoms with van der Waals surface area (Å²) < 4.78 is 39.1. The molecule has 0 atom stereocenters. The van der Waals surface area contributed by atoms with Crippen LogP contribution in [0, 0.1) is 11.3 Å². The van der Waals surface area contributed by atoms with Gasteiger partial charge in [-0.1, -0.05) is 0 Å². The van der Waals surface area contributed by atoms with Gasteiger partial charge in [-0.15, -0.1) is 13.2 Å². The second-order valence-corrected chi connectivity index (χ2v) is 2.80. The maximum atomic E-state index is 11.9. The van der Waals surface area contributed by atoms with Crippen LogP contribution in [0.5, 0.6) is 11.5 Å². The van der Waals surface area contributed by atoms with Crippen molar-refractivity contribution in [1.29, 1.82) is 5.26 Å². The van der Waals surface area contributed by atoms with Crippen molar-refractivity contribution in [2.24, 2.45) is 0 Å². The van der Waals surface area contributed by atoms with E-state index < -0.39 is 35.0 Å². The summed E-state index contributed by atoms with van der Waals surface area (Å²) in [4.78, 5) is 10.7. The zero-order valence-corrected chi connectivity index (χ0v) is 7.95. The van der Waals surface area contributed by atoms with Gasteiger partial charge in [-0.05, 0) is 12.1 Å². The summed E-state index contributed by atoms with van der Waals surface area (Å²) in [6.07, 6.45) is -5.07. The second-order valence-electron chi connectivity index (χ2n) is 2.80. The van der Waals surface area contributed by atoms with Crippen molar-refractivity contribution >= 4 is 5.97 Å². The molecule has 17 heavy (non-hydrogen) atoms. The number of rotatable bonds is 2. The Morgan fingerprint density at radius 3 is 2.41 bits per heavy atom. The molecule has 2 N–H and O–H groups in total. The summed E-state index contributed by atoms with van der Waals surface area (Å²) in [5, 5.41) is 26.5. The zero-order chi connectivity index (χ0) is 13.2. The lowest BCUT2D eigenvalue weighted by Crippen LogP contribution is -2.17. The number of benzene rings is 1. The normalized spacial score (nSPS) is 10.7. The number of aromatic hydroxyl groups is 1. The fourth-order valence-electron chi connectivity index (χ4n) is 1.09. The third-order valence-corrected chi connectivity index (χ3v) is 1.70. The van der Waals surface area contributed by atoms with Crippen molar-refractivity contribution in [3.63, 3.8) is 0 Å². The van der Waals surface area contributed by atoms with Gasteiger partial charge in [-0.2, -0.15) is 5.26 Å². The van der Waals surface area contributed by atoms with Gasteiger partial charge in [-0.3, -0.25) is 0 Å². The predicted octanol–water partition coefficient (Wildman–Crippen LogP) is 1.86. The molecule has 0 aromatic heterocycles. The number of ether oxygens (including phenoxy) is 1. The molecule has 1 aromatic rings. The average Bonchev–Trinajstić information content (AvgIpc) is 2.18. The van der Waals surface area contributed by atoms with Crippen molar-refractivity contribution in [3.8, 4) is 17.6 Å². The number of halogens is 3. The molecule has 0 spiro atoms. The highest BCUT2D eigenvalue weighted by atomic mass is 19.4. The Labute approximate surface area is 92.3 Å². The Bertz CT molecular complexity index is 504. The number of hydrogen-bond acceptors (Lipinski definition) is 4. The average molecular weight is 247 g/mol. The van der Waals surface area contributed by atoms with E-state index in [1.807, 2.05) is 0 Å². The largest absolute Gasteiger partial charge is 0.573 e. The van der Waals surface area contributed by atoms with Crippen LogP contribution < -0.4 is 4.74 Å². The second kappa shape index (κ2) is 4.21. The summed E-state index contributed by atoms with van der Waals surface area (Å²) in [5.74, 6) is -4.05. The minimum atomic E-state index is -5.07. The summed E-state index contributed by atoms with van der Waals surface area (Å²) in [5.41, 5.74) is -1.40. The molecular weight excluding hydrogens is 243 g/mol. The van der Waals surface area contributed by atoms with Gasteiger partial charge in [0.15, 0.2) is 11.5 Å². The maximum Gasteiger partial charge on any atom is 0.573 e. The van der Waals surface area contributed by atoms with Gasteiger partial charge in [-0.25, -0.2) is 4.79 Å². The maximum absolute atomic E-state index is 11.9. The molecule has 0 unspecified atom stereocenters. The molecule has 0 aliphatic carbocycles. The first-order valence-electron chi connectivity index (χ1n) is 4.01. The molecule has 0 radical (unpaired) electrons. The van der Waals surface area contributed by atoms with Crippen LogP contribution in [0.25, 0.3) is 0 Å². The lowest BCUT2D eigenvalue weighted by molar-refractivity contribution is -0.275. The van der Waals surface area contributed by atoms with Gasteiger partial charge >= 0.3 is 12.3 Å². The van der Waals surface area contributed by atoms with E-state index in [0.717, 1.165) is 6.07 Å². The molecule has 8 heteroatoms. The summed E-state index contributed by atoms with van der Waals surface area (Å²) in [6, 6.07) is 2.90. The number of carbonyl (C=O) groups is 1.